The van der Waals surface area contributed by atoms with Crippen LogP contribution in [-0.4, -0.2) is 53.6 Å². The molecule has 8 heteroatoms. The summed E-state index contributed by atoms with van der Waals surface area (Å²) in [5.74, 6) is 3.30. The predicted octanol–water partition coefficient (Wildman–Crippen LogP) is 3.35. The Balaban J connectivity index is 0.00000312. The zero-order chi connectivity index (χ0) is 17.3. The van der Waals surface area contributed by atoms with E-state index in [1.165, 1.54) is 12.1 Å². The molecule has 1 aromatic rings. The van der Waals surface area contributed by atoms with Crippen molar-refractivity contribution in [2.45, 2.75) is 30.3 Å². The predicted molar refractivity (Wildman–Crippen MR) is 118 cm³/mol. The molecule has 0 aromatic heterocycles. The molecule has 1 fully saturated rings. The number of aliphatic hydroxyl groups is 1. The second-order valence-electron chi connectivity index (χ2n) is 5.80. The number of nitrogens with zero attached hydrogens (tertiary/aromatic N) is 1. The SMILES string of the molecule is CCNC(=NCC1(O)CCSC1)NCCCSc1ccc(F)cc1.I. The molecule has 0 amide bonds. The van der Waals surface area contributed by atoms with Crippen LogP contribution in [0.5, 0.6) is 0 Å². The van der Waals surface area contributed by atoms with Crippen LogP contribution in [0.3, 0.4) is 0 Å². The fourth-order valence-corrected chi connectivity index (χ4v) is 4.43. The Kier molecular flexibility index (Phi) is 11.2. The van der Waals surface area contributed by atoms with Crippen molar-refractivity contribution in [3.63, 3.8) is 0 Å². The maximum atomic E-state index is 12.8. The number of aliphatic imine (C=N–C) groups is 1. The van der Waals surface area contributed by atoms with Crippen LogP contribution in [0.4, 0.5) is 4.39 Å². The van der Waals surface area contributed by atoms with E-state index in [-0.39, 0.29) is 29.8 Å². The lowest BCUT2D eigenvalue weighted by atomic mass is 10.1. The van der Waals surface area contributed by atoms with Crippen LogP contribution in [0.2, 0.25) is 0 Å². The molecule has 1 unspecified atom stereocenters. The molecule has 1 aromatic carbocycles. The van der Waals surface area contributed by atoms with Crippen molar-refractivity contribution in [2.75, 3.05) is 36.9 Å². The van der Waals surface area contributed by atoms with E-state index < -0.39 is 5.60 Å². The van der Waals surface area contributed by atoms with E-state index >= 15 is 0 Å². The van der Waals surface area contributed by atoms with Crippen LogP contribution in [0.25, 0.3) is 0 Å². The van der Waals surface area contributed by atoms with Gasteiger partial charge in [0.25, 0.3) is 0 Å². The first-order chi connectivity index (χ1) is 11.6. The molecular formula is C17H27FIN3OS2. The third-order valence-corrected chi connectivity index (χ3v) is 5.99. The highest BCUT2D eigenvalue weighted by atomic mass is 127. The second-order valence-corrected chi connectivity index (χ2v) is 8.08. The number of halogens is 2. The van der Waals surface area contributed by atoms with Gasteiger partial charge in [-0.1, -0.05) is 0 Å². The monoisotopic (exact) mass is 499 g/mol. The lowest BCUT2D eigenvalue weighted by Crippen LogP contribution is -2.40. The van der Waals surface area contributed by atoms with Crippen LogP contribution >= 0.6 is 47.5 Å². The summed E-state index contributed by atoms with van der Waals surface area (Å²) in [5, 5.41) is 16.9. The van der Waals surface area contributed by atoms with Gasteiger partial charge in [-0.25, -0.2) is 4.39 Å². The molecule has 4 nitrogen and oxygen atoms in total. The van der Waals surface area contributed by atoms with E-state index in [9.17, 15) is 9.50 Å². The molecule has 1 atom stereocenters. The van der Waals surface area contributed by atoms with Gasteiger partial charge in [0.2, 0.25) is 0 Å². The van der Waals surface area contributed by atoms with Gasteiger partial charge in [0.05, 0.1) is 12.1 Å². The van der Waals surface area contributed by atoms with Crippen LogP contribution in [-0.2, 0) is 0 Å². The molecular weight excluding hydrogens is 472 g/mol. The molecule has 1 heterocycles. The molecule has 142 valence electrons. The van der Waals surface area contributed by atoms with Gasteiger partial charge < -0.3 is 15.7 Å². The molecule has 3 N–H and O–H groups in total. The van der Waals surface area contributed by atoms with E-state index in [2.05, 4.69) is 15.6 Å². The van der Waals surface area contributed by atoms with Gasteiger partial charge in [-0.15, -0.1) is 35.7 Å². The number of rotatable bonds is 8. The maximum absolute atomic E-state index is 12.8. The lowest BCUT2D eigenvalue weighted by molar-refractivity contribution is 0.0778. The minimum atomic E-state index is -0.647. The lowest BCUT2D eigenvalue weighted by Gasteiger charge is -2.19. The molecule has 1 saturated heterocycles. The van der Waals surface area contributed by atoms with E-state index in [1.54, 1.807) is 35.7 Å². The normalized spacial score (nSPS) is 20.2. The molecule has 0 bridgehead atoms. The van der Waals surface area contributed by atoms with Crippen molar-refractivity contribution in [3.05, 3.63) is 30.1 Å². The number of nitrogens with one attached hydrogen (secondary N) is 2. The fourth-order valence-electron chi connectivity index (χ4n) is 2.29. The summed E-state index contributed by atoms with van der Waals surface area (Å²) in [6.45, 7) is 4.08. The minimum absolute atomic E-state index is 0. The first-order valence-electron chi connectivity index (χ1n) is 8.32. The fraction of sp³-hybridized carbons (Fsp3) is 0.588. The van der Waals surface area contributed by atoms with E-state index in [4.69, 9.17) is 0 Å². The molecule has 0 saturated carbocycles. The third-order valence-electron chi connectivity index (χ3n) is 3.65. The second kappa shape index (κ2) is 12.2. The summed E-state index contributed by atoms with van der Waals surface area (Å²) in [6, 6.07) is 6.59. The van der Waals surface area contributed by atoms with E-state index in [0.717, 1.165) is 54.0 Å². The van der Waals surface area contributed by atoms with Gasteiger partial charge in [-0.2, -0.15) is 11.8 Å². The van der Waals surface area contributed by atoms with Crippen molar-refractivity contribution >= 4 is 53.5 Å². The summed E-state index contributed by atoms with van der Waals surface area (Å²) >= 11 is 3.50. The minimum Gasteiger partial charge on any atom is -0.387 e. The molecule has 25 heavy (non-hydrogen) atoms. The van der Waals surface area contributed by atoms with Crippen LogP contribution in [0.1, 0.15) is 19.8 Å². The van der Waals surface area contributed by atoms with E-state index in [0.29, 0.717) is 6.54 Å². The Morgan fingerprint density at radius 1 is 1.36 bits per heavy atom. The van der Waals surface area contributed by atoms with Crippen LogP contribution in [0, 0.1) is 5.82 Å². The van der Waals surface area contributed by atoms with Gasteiger partial charge in [0.1, 0.15) is 5.82 Å². The topological polar surface area (TPSA) is 56.7 Å². The maximum Gasteiger partial charge on any atom is 0.191 e. The van der Waals surface area contributed by atoms with Gasteiger partial charge >= 0.3 is 0 Å². The van der Waals surface area contributed by atoms with Crippen LogP contribution in [0.15, 0.2) is 34.2 Å². The zero-order valence-electron chi connectivity index (χ0n) is 14.5. The van der Waals surface area contributed by atoms with Crippen molar-refractivity contribution in [1.82, 2.24) is 10.6 Å². The first-order valence-corrected chi connectivity index (χ1v) is 10.5. The molecule has 1 aliphatic rings. The Labute approximate surface area is 175 Å². The number of thioether (sulfide) groups is 2. The number of guanidine groups is 1. The van der Waals surface area contributed by atoms with Gasteiger partial charge in [-0.05, 0) is 55.5 Å². The van der Waals surface area contributed by atoms with Crippen molar-refractivity contribution < 1.29 is 9.50 Å². The quantitative estimate of drug-likeness (QED) is 0.169. The van der Waals surface area contributed by atoms with E-state index in [1.807, 2.05) is 6.92 Å². The highest BCUT2D eigenvalue weighted by Gasteiger charge is 2.31. The molecule has 2 rings (SSSR count). The van der Waals surface area contributed by atoms with Crippen LogP contribution < -0.4 is 10.6 Å². The Hall–Kier alpha value is -0.190. The summed E-state index contributed by atoms with van der Waals surface area (Å²) in [5.41, 5.74) is -0.647. The standard InChI is InChI=1S/C17H26FN3OS2.HI/c1-2-19-16(21-12-17(22)8-11-23-13-17)20-9-3-10-24-15-6-4-14(18)5-7-15;/h4-7,22H,2-3,8-13H2,1H3,(H2,19,20,21);1H. The summed E-state index contributed by atoms with van der Waals surface area (Å²) in [4.78, 5) is 5.60. The molecule has 0 spiro atoms. The summed E-state index contributed by atoms with van der Waals surface area (Å²) in [6.07, 6.45) is 1.79. The van der Waals surface area contributed by atoms with Crippen molar-refractivity contribution in [3.8, 4) is 0 Å². The van der Waals surface area contributed by atoms with Crippen molar-refractivity contribution in [1.29, 1.82) is 0 Å². The highest BCUT2D eigenvalue weighted by molar-refractivity contribution is 14.0. The molecule has 1 aliphatic heterocycles. The summed E-state index contributed by atoms with van der Waals surface area (Å²) < 4.78 is 12.8. The first kappa shape index (κ1) is 22.9. The zero-order valence-corrected chi connectivity index (χ0v) is 18.4. The molecule has 0 aliphatic carbocycles. The smallest absolute Gasteiger partial charge is 0.191 e. The Morgan fingerprint density at radius 3 is 2.76 bits per heavy atom. The average molecular weight is 499 g/mol. The number of benzene rings is 1. The summed E-state index contributed by atoms with van der Waals surface area (Å²) in [7, 11) is 0. The largest absolute Gasteiger partial charge is 0.387 e. The Morgan fingerprint density at radius 2 is 2.12 bits per heavy atom. The molecule has 0 radical (unpaired) electrons. The third kappa shape index (κ3) is 8.83. The van der Waals surface area contributed by atoms with Crippen molar-refractivity contribution in [2.24, 2.45) is 4.99 Å². The Bertz CT molecular complexity index is 525. The number of hydrogen-bond acceptors (Lipinski definition) is 4. The highest BCUT2D eigenvalue weighted by Crippen LogP contribution is 2.27. The average Bonchev–Trinajstić information content (AvgIpc) is 3.01. The number of hydrogen-bond donors (Lipinski definition) is 3. The van der Waals surface area contributed by atoms with Gasteiger partial charge in [-0.3, -0.25) is 4.99 Å². The van der Waals surface area contributed by atoms with Gasteiger partial charge in [0.15, 0.2) is 5.96 Å². The van der Waals surface area contributed by atoms with Gasteiger partial charge in [0, 0.05) is 23.7 Å².